The summed E-state index contributed by atoms with van der Waals surface area (Å²) in [5.41, 5.74) is 4.00. The topological polar surface area (TPSA) is 21.3 Å². The molecule has 0 saturated carbocycles. The minimum Gasteiger partial charge on any atom is -0.381 e. The fourth-order valence-corrected chi connectivity index (χ4v) is 3.09. The van der Waals surface area contributed by atoms with Crippen LogP contribution in [0.3, 0.4) is 0 Å². The number of aryl methyl sites for hydroxylation is 2. The van der Waals surface area contributed by atoms with Crippen LogP contribution < -0.4 is 5.32 Å². The number of rotatable bonds is 3. The van der Waals surface area contributed by atoms with Gasteiger partial charge in [0.05, 0.1) is 6.61 Å². The standard InChI is InChI=1S/C15H22BrNO/c1-10-7-13(8-11(2)14(10)16)15(17-3)12-5-4-6-18-9-12/h7-8,12,15,17H,4-6,9H2,1-3H3. The lowest BCUT2D eigenvalue weighted by molar-refractivity contribution is 0.0402. The number of nitrogens with one attached hydrogen (secondary N) is 1. The van der Waals surface area contributed by atoms with Crippen LogP contribution in [-0.2, 0) is 4.74 Å². The van der Waals surface area contributed by atoms with Gasteiger partial charge in [-0.2, -0.15) is 0 Å². The van der Waals surface area contributed by atoms with Crippen molar-refractivity contribution >= 4 is 15.9 Å². The molecule has 0 radical (unpaired) electrons. The summed E-state index contributed by atoms with van der Waals surface area (Å²) in [7, 11) is 2.05. The van der Waals surface area contributed by atoms with Gasteiger partial charge in [-0.15, -0.1) is 0 Å². The van der Waals surface area contributed by atoms with Crippen LogP contribution >= 0.6 is 15.9 Å². The Hall–Kier alpha value is -0.380. The number of benzene rings is 1. The summed E-state index contributed by atoms with van der Waals surface area (Å²) in [6.07, 6.45) is 2.43. The first kappa shape index (κ1) is 14.0. The number of halogens is 1. The molecule has 1 aromatic carbocycles. The highest BCUT2D eigenvalue weighted by molar-refractivity contribution is 9.10. The van der Waals surface area contributed by atoms with Crippen molar-refractivity contribution in [3.05, 3.63) is 33.3 Å². The number of hydrogen-bond donors (Lipinski definition) is 1. The lowest BCUT2D eigenvalue weighted by Crippen LogP contribution is -2.31. The van der Waals surface area contributed by atoms with E-state index in [1.54, 1.807) is 0 Å². The zero-order valence-electron chi connectivity index (χ0n) is 11.4. The van der Waals surface area contributed by atoms with Gasteiger partial charge in [-0.3, -0.25) is 0 Å². The first-order chi connectivity index (χ1) is 8.63. The zero-order chi connectivity index (χ0) is 13.1. The maximum atomic E-state index is 5.62. The van der Waals surface area contributed by atoms with Crippen LogP contribution in [0, 0.1) is 19.8 Å². The van der Waals surface area contributed by atoms with Gasteiger partial charge in [-0.05, 0) is 50.4 Å². The Morgan fingerprint density at radius 3 is 2.50 bits per heavy atom. The van der Waals surface area contributed by atoms with Crippen molar-refractivity contribution in [1.82, 2.24) is 5.32 Å². The number of hydrogen-bond acceptors (Lipinski definition) is 2. The van der Waals surface area contributed by atoms with Crippen LogP contribution in [0.25, 0.3) is 0 Å². The van der Waals surface area contributed by atoms with Gasteiger partial charge in [0.15, 0.2) is 0 Å². The van der Waals surface area contributed by atoms with Crippen molar-refractivity contribution < 1.29 is 4.74 Å². The van der Waals surface area contributed by atoms with Gasteiger partial charge >= 0.3 is 0 Å². The minimum absolute atomic E-state index is 0.399. The van der Waals surface area contributed by atoms with E-state index in [9.17, 15) is 0 Å². The average molecular weight is 312 g/mol. The maximum Gasteiger partial charge on any atom is 0.0512 e. The largest absolute Gasteiger partial charge is 0.381 e. The Labute approximate surface area is 118 Å². The first-order valence-corrected chi connectivity index (χ1v) is 7.44. The molecule has 2 nitrogen and oxygen atoms in total. The SMILES string of the molecule is CNC(c1cc(C)c(Br)c(C)c1)C1CCCOC1. The third-order valence-electron chi connectivity index (χ3n) is 3.80. The smallest absolute Gasteiger partial charge is 0.0512 e. The maximum absolute atomic E-state index is 5.62. The summed E-state index contributed by atoms with van der Waals surface area (Å²) in [5.74, 6) is 0.587. The molecule has 2 atom stereocenters. The van der Waals surface area contributed by atoms with E-state index in [0.29, 0.717) is 12.0 Å². The quantitative estimate of drug-likeness (QED) is 0.918. The number of ether oxygens (including phenoxy) is 1. The molecule has 0 aromatic heterocycles. The highest BCUT2D eigenvalue weighted by Gasteiger charge is 2.24. The zero-order valence-corrected chi connectivity index (χ0v) is 13.0. The van der Waals surface area contributed by atoms with E-state index in [2.05, 4.69) is 47.2 Å². The van der Waals surface area contributed by atoms with E-state index in [1.807, 2.05) is 7.05 Å². The van der Waals surface area contributed by atoms with E-state index >= 15 is 0 Å². The summed E-state index contributed by atoms with van der Waals surface area (Å²) >= 11 is 3.64. The molecule has 1 saturated heterocycles. The molecule has 2 rings (SSSR count). The Morgan fingerprint density at radius 2 is 2.00 bits per heavy atom. The van der Waals surface area contributed by atoms with Crippen molar-refractivity contribution in [3.63, 3.8) is 0 Å². The monoisotopic (exact) mass is 311 g/mol. The van der Waals surface area contributed by atoms with Crippen molar-refractivity contribution in [3.8, 4) is 0 Å². The molecule has 1 aliphatic rings. The summed E-state index contributed by atoms with van der Waals surface area (Å²) < 4.78 is 6.84. The minimum atomic E-state index is 0.399. The third-order valence-corrected chi connectivity index (χ3v) is 5.05. The third kappa shape index (κ3) is 2.95. The summed E-state index contributed by atoms with van der Waals surface area (Å²) in [4.78, 5) is 0. The Morgan fingerprint density at radius 1 is 1.33 bits per heavy atom. The van der Waals surface area contributed by atoms with Crippen molar-refractivity contribution in [2.45, 2.75) is 32.7 Å². The van der Waals surface area contributed by atoms with E-state index in [-0.39, 0.29) is 0 Å². The highest BCUT2D eigenvalue weighted by Crippen LogP contribution is 2.32. The average Bonchev–Trinajstić information content (AvgIpc) is 2.38. The van der Waals surface area contributed by atoms with Gasteiger partial charge in [0, 0.05) is 23.0 Å². The highest BCUT2D eigenvalue weighted by atomic mass is 79.9. The fourth-order valence-electron chi connectivity index (χ4n) is 2.86. The molecular formula is C15H22BrNO. The molecule has 0 spiro atoms. The van der Waals surface area contributed by atoms with Crippen LogP contribution in [0.1, 0.15) is 35.6 Å². The molecule has 1 N–H and O–H groups in total. The van der Waals surface area contributed by atoms with Gasteiger partial charge in [-0.25, -0.2) is 0 Å². The Balaban J connectivity index is 2.26. The second-order valence-corrected chi connectivity index (χ2v) is 6.01. The molecule has 2 unspecified atom stereocenters. The van der Waals surface area contributed by atoms with E-state index in [1.165, 1.54) is 34.0 Å². The molecule has 0 aliphatic carbocycles. The lowest BCUT2D eigenvalue weighted by Gasteiger charge is -2.31. The van der Waals surface area contributed by atoms with Crippen molar-refractivity contribution in [1.29, 1.82) is 0 Å². The summed E-state index contributed by atoms with van der Waals surface area (Å²) in [5, 5.41) is 3.47. The second kappa shape index (κ2) is 6.18. The van der Waals surface area contributed by atoms with Gasteiger partial charge in [0.2, 0.25) is 0 Å². The molecule has 0 bridgehead atoms. The summed E-state index contributed by atoms with van der Waals surface area (Å²) in [6.45, 7) is 6.11. The van der Waals surface area contributed by atoms with Crippen LogP contribution in [0.2, 0.25) is 0 Å². The summed E-state index contributed by atoms with van der Waals surface area (Å²) in [6, 6.07) is 4.97. The van der Waals surface area contributed by atoms with Gasteiger partial charge in [0.1, 0.15) is 0 Å². The molecule has 1 heterocycles. The second-order valence-electron chi connectivity index (χ2n) is 5.21. The van der Waals surface area contributed by atoms with Crippen LogP contribution in [0.15, 0.2) is 16.6 Å². The first-order valence-electron chi connectivity index (χ1n) is 6.65. The fraction of sp³-hybridized carbons (Fsp3) is 0.600. The molecule has 1 aliphatic heterocycles. The molecule has 18 heavy (non-hydrogen) atoms. The molecule has 1 fully saturated rings. The van der Waals surface area contributed by atoms with Crippen LogP contribution in [0.4, 0.5) is 0 Å². The Kier molecular flexibility index (Phi) is 4.82. The molecule has 3 heteroatoms. The molecule has 1 aromatic rings. The van der Waals surface area contributed by atoms with Gasteiger partial charge in [-0.1, -0.05) is 28.1 Å². The molecular weight excluding hydrogens is 290 g/mol. The molecule has 100 valence electrons. The van der Waals surface area contributed by atoms with Crippen molar-refractivity contribution in [2.75, 3.05) is 20.3 Å². The van der Waals surface area contributed by atoms with Gasteiger partial charge in [0.25, 0.3) is 0 Å². The predicted octanol–water partition coefficient (Wildman–Crippen LogP) is 3.75. The van der Waals surface area contributed by atoms with E-state index in [0.717, 1.165) is 13.2 Å². The van der Waals surface area contributed by atoms with E-state index in [4.69, 9.17) is 4.74 Å². The van der Waals surface area contributed by atoms with Gasteiger partial charge < -0.3 is 10.1 Å². The van der Waals surface area contributed by atoms with Crippen LogP contribution in [-0.4, -0.2) is 20.3 Å². The van der Waals surface area contributed by atoms with Crippen molar-refractivity contribution in [2.24, 2.45) is 5.92 Å². The van der Waals surface area contributed by atoms with E-state index < -0.39 is 0 Å². The Bertz CT molecular complexity index is 390. The molecule has 0 amide bonds. The van der Waals surface area contributed by atoms with Crippen LogP contribution in [0.5, 0.6) is 0 Å². The lowest BCUT2D eigenvalue weighted by atomic mass is 9.87. The normalized spacial score (nSPS) is 21.9. The predicted molar refractivity (Wildman–Crippen MR) is 79.0 cm³/mol.